The molecule has 0 radical (unpaired) electrons. The molecule has 1 aliphatic heterocycles. The van der Waals surface area contributed by atoms with Crippen molar-refractivity contribution < 1.29 is 13.2 Å². The van der Waals surface area contributed by atoms with Crippen LogP contribution in [0.25, 0.3) is 0 Å². The number of hydrogen-bond donors (Lipinski definition) is 1. The Bertz CT molecular complexity index is 1030. The lowest BCUT2D eigenvalue weighted by atomic mass is 9.87. The summed E-state index contributed by atoms with van der Waals surface area (Å²) in [5.74, 6) is -0.417. The van der Waals surface area contributed by atoms with Crippen molar-refractivity contribution in [2.24, 2.45) is 11.0 Å². The van der Waals surface area contributed by atoms with Crippen molar-refractivity contribution in [2.45, 2.75) is 50.8 Å². The molecular weight excluding hydrogens is 410 g/mol. The standard InChI is InChI=1S/C24H31N3O3S/c1-18-5-11-22(12-6-18)31(29,30)27-15-13-20(14-16-27)23(28)26-25-17-19-7-9-21(10-8-19)24(2,3)4/h5-12,17,20H,13-16H2,1-4H3,(H,26,28). The van der Waals surface area contributed by atoms with E-state index in [9.17, 15) is 13.2 Å². The van der Waals surface area contributed by atoms with Gasteiger partial charge < -0.3 is 0 Å². The minimum Gasteiger partial charge on any atom is -0.273 e. The van der Waals surface area contributed by atoms with Crippen molar-refractivity contribution >= 4 is 22.1 Å². The van der Waals surface area contributed by atoms with E-state index in [0.717, 1.165) is 11.1 Å². The zero-order valence-electron chi connectivity index (χ0n) is 18.6. The van der Waals surface area contributed by atoms with E-state index in [2.05, 4.69) is 43.4 Å². The van der Waals surface area contributed by atoms with Crippen LogP contribution in [0.5, 0.6) is 0 Å². The molecular formula is C24H31N3O3S. The molecule has 1 saturated heterocycles. The molecule has 0 unspecified atom stereocenters. The molecule has 0 atom stereocenters. The van der Waals surface area contributed by atoms with Crippen LogP contribution in [-0.4, -0.2) is 37.9 Å². The lowest BCUT2D eigenvalue weighted by Crippen LogP contribution is -2.42. The lowest BCUT2D eigenvalue weighted by Gasteiger charge is -2.30. The molecule has 0 bridgehead atoms. The van der Waals surface area contributed by atoms with Crippen LogP contribution in [0.2, 0.25) is 0 Å². The van der Waals surface area contributed by atoms with Gasteiger partial charge in [-0.3, -0.25) is 4.79 Å². The van der Waals surface area contributed by atoms with Crippen LogP contribution in [0.15, 0.2) is 58.5 Å². The molecule has 1 aliphatic rings. The van der Waals surface area contributed by atoms with Gasteiger partial charge in [0.25, 0.3) is 0 Å². The summed E-state index contributed by atoms with van der Waals surface area (Å²) in [6.07, 6.45) is 2.58. The number of nitrogens with zero attached hydrogens (tertiary/aromatic N) is 2. The van der Waals surface area contributed by atoms with Crippen molar-refractivity contribution in [1.29, 1.82) is 0 Å². The van der Waals surface area contributed by atoms with Gasteiger partial charge in [0, 0.05) is 19.0 Å². The highest BCUT2D eigenvalue weighted by atomic mass is 32.2. The van der Waals surface area contributed by atoms with Crippen LogP contribution in [0.4, 0.5) is 0 Å². The molecule has 2 aromatic carbocycles. The summed E-state index contributed by atoms with van der Waals surface area (Å²) < 4.78 is 27.0. The quantitative estimate of drug-likeness (QED) is 0.566. The van der Waals surface area contributed by atoms with Crippen molar-refractivity contribution in [1.82, 2.24) is 9.73 Å². The molecule has 0 saturated carbocycles. The molecule has 0 spiro atoms. The fraction of sp³-hybridized carbons (Fsp3) is 0.417. The Morgan fingerprint density at radius 2 is 1.61 bits per heavy atom. The van der Waals surface area contributed by atoms with E-state index in [1.54, 1.807) is 30.5 Å². The lowest BCUT2D eigenvalue weighted by molar-refractivity contribution is -0.126. The highest BCUT2D eigenvalue weighted by molar-refractivity contribution is 7.89. The summed E-state index contributed by atoms with van der Waals surface area (Å²) in [4.78, 5) is 12.7. The van der Waals surface area contributed by atoms with Gasteiger partial charge >= 0.3 is 0 Å². The maximum absolute atomic E-state index is 12.8. The number of carbonyl (C=O) groups is 1. The fourth-order valence-corrected chi connectivity index (χ4v) is 5.02. The van der Waals surface area contributed by atoms with Gasteiger partial charge in [0.1, 0.15) is 0 Å². The Morgan fingerprint density at radius 1 is 1.03 bits per heavy atom. The molecule has 31 heavy (non-hydrogen) atoms. The Balaban J connectivity index is 1.52. The molecule has 1 amide bonds. The summed E-state index contributed by atoms with van der Waals surface area (Å²) in [6.45, 7) is 9.05. The summed E-state index contributed by atoms with van der Waals surface area (Å²) >= 11 is 0. The normalized spacial score (nSPS) is 16.5. The number of rotatable bonds is 5. The van der Waals surface area contributed by atoms with Crippen LogP contribution in [-0.2, 0) is 20.2 Å². The van der Waals surface area contributed by atoms with Gasteiger partial charge in [-0.1, -0.05) is 62.7 Å². The number of sulfonamides is 1. The first kappa shape index (κ1) is 23.2. The number of hydrazone groups is 1. The topological polar surface area (TPSA) is 78.8 Å². The Labute approximate surface area is 185 Å². The third-order valence-corrected chi connectivity index (χ3v) is 7.56. The Kier molecular flexibility index (Phi) is 6.96. The highest BCUT2D eigenvalue weighted by Gasteiger charge is 2.32. The van der Waals surface area contributed by atoms with Gasteiger partial charge in [0.15, 0.2) is 0 Å². The number of aryl methyl sites for hydroxylation is 1. The predicted molar refractivity (Wildman–Crippen MR) is 124 cm³/mol. The highest BCUT2D eigenvalue weighted by Crippen LogP contribution is 2.24. The van der Waals surface area contributed by atoms with E-state index in [-0.39, 0.29) is 17.2 Å². The van der Waals surface area contributed by atoms with E-state index >= 15 is 0 Å². The van der Waals surface area contributed by atoms with E-state index in [1.807, 2.05) is 19.1 Å². The molecule has 7 heteroatoms. The van der Waals surface area contributed by atoms with Gasteiger partial charge in [-0.05, 0) is 48.4 Å². The van der Waals surface area contributed by atoms with E-state index in [0.29, 0.717) is 30.8 Å². The fourth-order valence-electron chi connectivity index (χ4n) is 3.55. The zero-order chi connectivity index (χ0) is 22.6. The van der Waals surface area contributed by atoms with Crippen LogP contribution >= 0.6 is 0 Å². The van der Waals surface area contributed by atoms with Gasteiger partial charge in [-0.15, -0.1) is 0 Å². The molecule has 3 rings (SSSR count). The first-order valence-corrected chi connectivity index (χ1v) is 12.0. The van der Waals surface area contributed by atoms with E-state index in [4.69, 9.17) is 0 Å². The third kappa shape index (κ3) is 5.80. The van der Waals surface area contributed by atoms with Crippen LogP contribution in [0.3, 0.4) is 0 Å². The second-order valence-corrected chi connectivity index (χ2v) is 11.0. The molecule has 166 valence electrons. The number of nitrogens with one attached hydrogen (secondary N) is 1. The van der Waals surface area contributed by atoms with Gasteiger partial charge in [-0.2, -0.15) is 9.41 Å². The Hall–Kier alpha value is -2.51. The first-order valence-electron chi connectivity index (χ1n) is 10.6. The molecule has 1 heterocycles. The molecule has 6 nitrogen and oxygen atoms in total. The van der Waals surface area contributed by atoms with Crippen molar-refractivity contribution in [3.63, 3.8) is 0 Å². The predicted octanol–water partition coefficient (Wildman–Crippen LogP) is 3.84. The SMILES string of the molecule is Cc1ccc(S(=O)(=O)N2CCC(C(=O)NN=Cc3ccc(C(C)(C)C)cc3)CC2)cc1. The van der Waals surface area contributed by atoms with E-state index in [1.165, 1.54) is 9.87 Å². The van der Waals surface area contributed by atoms with Crippen LogP contribution < -0.4 is 5.43 Å². The molecule has 1 N–H and O–H groups in total. The average molecular weight is 442 g/mol. The number of benzene rings is 2. The Morgan fingerprint density at radius 3 is 2.16 bits per heavy atom. The smallest absolute Gasteiger partial charge is 0.243 e. The number of amides is 1. The first-order chi connectivity index (χ1) is 14.6. The zero-order valence-corrected chi connectivity index (χ0v) is 19.4. The van der Waals surface area contributed by atoms with Gasteiger partial charge in [0.2, 0.25) is 15.9 Å². The molecule has 0 aliphatic carbocycles. The van der Waals surface area contributed by atoms with Crippen molar-refractivity contribution in [2.75, 3.05) is 13.1 Å². The second-order valence-electron chi connectivity index (χ2n) is 9.10. The minimum atomic E-state index is -3.52. The molecule has 1 fully saturated rings. The monoisotopic (exact) mass is 441 g/mol. The average Bonchev–Trinajstić information content (AvgIpc) is 2.74. The van der Waals surface area contributed by atoms with Crippen molar-refractivity contribution in [3.05, 3.63) is 65.2 Å². The van der Waals surface area contributed by atoms with Crippen molar-refractivity contribution in [3.8, 4) is 0 Å². The van der Waals surface area contributed by atoms with Gasteiger partial charge in [-0.25, -0.2) is 13.8 Å². The van der Waals surface area contributed by atoms with Crippen LogP contribution in [0, 0.1) is 12.8 Å². The summed E-state index contributed by atoms with van der Waals surface area (Å²) in [5.41, 5.74) is 5.85. The number of hydrogen-bond acceptors (Lipinski definition) is 4. The van der Waals surface area contributed by atoms with Crippen LogP contribution in [0.1, 0.15) is 50.3 Å². The minimum absolute atomic E-state index is 0.0890. The number of carbonyl (C=O) groups excluding carboxylic acids is 1. The number of piperidine rings is 1. The summed E-state index contributed by atoms with van der Waals surface area (Å²) in [7, 11) is -3.52. The van der Waals surface area contributed by atoms with E-state index < -0.39 is 10.0 Å². The molecule has 0 aromatic heterocycles. The van der Waals surface area contributed by atoms with Gasteiger partial charge in [0.05, 0.1) is 11.1 Å². The maximum Gasteiger partial charge on any atom is 0.243 e. The maximum atomic E-state index is 12.8. The second kappa shape index (κ2) is 9.32. The molecule has 2 aromatic rings. The third-order valence-electron chi connectivity index (χ3n) is 5.65. The summed E-state index contributed by atoms with van der Waals surface area (Å²) in [5, 5.41) is 4.08. The summed E-state index contributed by atoms with van der Waals surface area (Å²) in [6, 6.07) is 14.9. The largest absolute Gasteiger partial charge is 0.273 e.